The van der Waals surface area contributed by atoms with E-state index in [0.29, 0.717) is 23.1 Å². The first-order valence-electron chi connectivity index (χ1n) is 9.13. The summed E-state index contributed by atoms with van der Waals surface area (Å²) < 4.78 is 12.3. The fourth-order valence-electron chi connectivity index (χ4n) is 2.51. The van der Waals surface area contributed by atoms with Gasteiger partial charge in [0.05, 0.1) is 30.9 Å². The second-order valence-corrected chi connectivity index (χ2v) is 6.47. The van der Waals surface area contributed by atoms with Crippen LogP contribution in [0.1, 0.15) is 16.8 Å². The normalized spacial score (nSPS) is 10.8. The maximum Gasteiger partial charge on any atom is 0.369 e. The van der Waals surface area contributed by atoms with E-state index >= 15 is 0 Å². The van der Waals surface area contributed by atoms with E-state index in [1.54, 1.807) is 30.6 Å². The number of hydrogen-bond donors (Lipinski definition) is 2. The molecule has 0 bridgehead atoms. The summed E-state index contributed by atoms with van der Waals surface area (Å²) in [5, 5.41) is 4.26. The molecule has 0 saturated heterocycles. The van der Waals surface area contributed by atoms with Gasteiger partial charge in [-0.15, -0.1) is 0 Å². The van der Waals surface area contributed by atoms with Crippen molar-refractivity contribution in [1.82, 2.24) is 9.66 Å². The number of aryl methyl sites for hydroxylation is 2. The number of methoxy groups -OCH3 is 1. The van der Waals surface area contributed by atoms with Gasteiger partial charge in [-0.3, -0.25) is 0 Å². The van der Waals surface area contributed by atoms with Crippen LogP contribution >= 0.6 is 0 Å². The number of nitrogen functional groups attached to an aromatic ring is 1. The Labute approximate surface area is 174 Å². The van der Waals surface area contributed by atoms with Gasteiger partial charge in [-0.25, -0.2) is 19.9 Å². The Morgan fingerprint density at radius 3 is 2.63 bits per heavy atom. The molecule has 3 N–H and O–H groups in total. The Kier molecular flexibility index (Phi) is 6.53. The molecule has 0 aliphatic carbocycles. The molecular weight excluding hydrogens is 386 g/mol. The van der Waals surface area contributed by atoms with Crippen molar-refractivity contribution in [3.63, 3.8) is 0 Å². The number of benzene rings is 2. The molecule has 1 heterocycles. The standard InChI is InChI=1S/C21H23N5O4/c1-14-4-7-17(8-5-14)25-30-20(27)13-29-18-9-6-16(10-19(18)28-3)11-23-26-12-15(2)24-21(26)22/h4-12,25H,13H2,1-3H3,(H2,22,24). The second kappa shape index (κ2) is 9.46. The molecule has 0 aliphatic heterocycles. The first-order chi connectivity index (χ1) is 14.4. The summed E-state index contributed by atoms with van der Waals surface area (Å²) in [5.74, 6) is 0.579. The van der Waals surface area contributed by atoms with E-state index in [-0.39, 0.29) is 6.61 Å². The van der Waals surface area contributed by atoms with Crippen LogP contribution in [-0.2, 0) is 9.63 Å². The lowest BCUT2D eigenvalue weighted by atomic mass is 10.2. The monoisotopic (exact) mass is 409 g/mol. The van der Waals surface area contributed by atoms with Crippen LogP contribution in [0.4, 0.5) is 11.6 Å². The van der Waals surface area contributed by atoms with Crippen molar-refractivity contribution in [3.05, 3.63) is 65.5 Å². The van der Waals surface area contributed by atoms with Gasteiger partial charge in [0.15, 0.2) is 18.1 Å². The molecule has 2 aromatic carbocycles. The molecule has 1 aromatic heterocycles. The van der Waals surface area contributed by atoms with Crippen molar-refractivity contribution in [2.24, 2.45) is 5.10 Å². The first-order valence-corrected chi connectivity index (χ1v) is 9.13. The number of imidazole rings is 1. The molecule has 0 spiro atoms. The molecule has 156 valence electrons. The highest BCUT2D eigenvalue weighted by atomic mass is 16.7. The second-order valence-electron chi connectivity index (χ2n) is 6.47. The largest absolute Gasteiger partial charge is 0.493 e. The summed E-state index contributed by atoms with van der Waals surface area (Å²) in [7, 11) is 1.51. The van der Waals surface area contributed by atoms with Gasteiger partial charge in [0.2, 0.25) is 5.95 Å². The Balaban J connectivity index is 1.57. The summed E-state index contributed by atoms with van der Waals surface area (Å²) in [6.45, 7) is 3.52. The van der Waals surface area contributed by atoms with Crippen LogP contribution in [-0.4, -0.2) is 35.6 Å². The SMILES string of the molecule is COc1cc(C=Nn2cc(C)nc2N)ccc1OCC(=O)ONc1ccc(C)cc1. The smallest absolute Gasteiger partial charge is 0.369 e. The number of carbonyl (C=O) groups excluding carboxylic acids is 1. The lowest BCUT2D eigenvalue weighted by Gasteiger charge is -2.11. The van der Waals surface area contributed by atoms with Crippen LogP contribution in [0.25, 0.3) is 0 Å². The fraction of sp³-hybridized carbons (Fsp3) is 0.190. The van der Waals surface area contributed by atoms with Crippen LogP contribution < -0.4 is 20.7 Å². The topological polar surface area (TPSA) is 113 Å². The van der Waals surface area contributed by atoms with Crippen molar-refractivity contribution < 1.29 is 19.1 Å². The van der Waals surface area contributed by atoms with E-state index in [9.17, 15) is 4.79 Å². The third-order valence-corrected chi connectivity index (χ3v) is 4.03. The molecule has 0 radical (unpaired) electrons. The molecule has 9 heteroatoms. The lowest BCUT2D eigenvalue weighted by Crippen LogP contribution is -2.18. The predicted molar refractivity (Wildman–Crippen MR) is 114 cm³/mol. The number of anilines is 2. The molecule has 3 rings (SSSR count). The number of hydrogen-bond acceptors (Lipinski definition) is 8. The van der Waals surface area contributed by atoms with Gasteiger partial charge in [-0.2, -0.15) is 5.10 Å². The van der Waals surface area contributed by atoms with E-state index < -0.39 is 5.97 Å². The van der Waals surface area contributed by atoms with Crippen molar-refractivity contribution in [1.29, 1.82) is 0 Å². The molecular formula is C21H23N5O4. The minimum absolute atomic E-state index is 0.284. The molecule has 0 aliphatic rings. The maximum atomic E-state index is 11.9. The molecule has 0 amide bonds. The minimum atomic E-state index is -0.575. The van der Waals surface area contributed by atoms with Gasteiger partial charge in [0.25, 0.3) is 0 Å². The van der Waals surface area contributed by atoms with E-state index in [1.807, 2.05) is 38.1 Å². The van der Waals surface area contributed by atoms with Crippen LogP contribution in [0.5, 0.6) is 11.5 Å². The summed E-state index contributed by atoms with van der Waals surface area (Å²) in [6, 6.07) is 12.6. The molecule has 9 nitrogen and oxygen atoms in total. The zero-order valence-corrected chi connectivity index (χ0v) is 17.0. The van der Waals surface area contributed by atoms with Gasteiger partial charge in [-0.05, 0) is 49.7 Å². The average Bonchev–Trinajstić information content (AvgIpc) is 3.07. The summed E-state index contributed by atoms with van der Waals surface area (Å²) in [6.07, 6.45) is 3.33. The Morgan fingerprint density at radius 2 is 1.97 bits per heavy atom. The number of rotatable bonds is 8. The average molecular weight is 409 g/mol. The first kappa shape index (κ1) is 20.7. The number of nitrogens with two attached hydrogens (primary N) is 1. The third kappa shape index (κ3) is 5.51. The molecule has 3 aromatic rings. The Morgan fingerprint density at radius 1 is 1.20 bits per heavy atom. The molecule has 0 fully saturated rings. The van der Waals surface area contributed by atoms with E-state index in [4.69, 9.17) is 20.0 Å². The van der Waals surface area contributed by atoms with Gasteiger partial charge < -0.3 is 20.0 Å². The van der Waals surface area contributed by atoms with E-state index in [2.05, 4.69) is 15.6 Å². The highest BCUT2D eigenvalue weighted by Gasteiger charge is 2.10. The van der Waals surface area contributed by atoms with E-state index in [1.165, 1.54) is 11.8 Å². The minimum Gasteiger partial charge on any atom is -0.493 e. The number of ether oxygens (including phenoxy) is 2. The maximum absolute atomic E-state index is 11.9. The van der Waals surface area contributed by atoms with Crippen LogP contribution in [0.15, 0.2) is 53.8 Å². The summed E-state index contributed by atoms with van der Waals surface area (Å²) >= 11 is 0. The zero-order valence-electron chi connectivity index (χ0n) is 17.0. The van der Waals surface area contributed by atoms with Gasteiger partial charge in [0.1, 0.15) is 0 Å². The van der Waals surface area contributed by atoms with Crippen molar-refractivity contribution in [2.75, 3.05) is 24.9 Å². The van der Waals surface area contributed by atoms with E-state index in [0.717, 1.165) is 16.8 Å². The third-order valence-electron chi connectivity index (χ3n) is 4.03. The number of aromatic nitrogens is 2. The molecule has 30 heavy (non-hydrogen) atoms. The van der Waals surface area contributed by atoms with Crippen molar-refractivity contribution >= 4 is 23.8 Å². The molecule has 0 saturated carbocycles. The van der Waals surface area contributed by atoms with Crippen molar-refractivity contribution in [2.45, 2.75) is 13.8 Å². The van der Waals surface area contributed by atoms with Crippen LogP contribution in [0, 0.1) is 13.8 Å². The fourth-order valence-corrected chi connectivity index (χ4v) is 2.51. The predicted octanol–water partition coefficient (Wildman–Crippen LogP) is 2.92. The van der Waals surface area contributed by atoms with Crippen LogP contribution in [0.3, 0.4) is 0 Å². The summed E-state index contributed by atoms with van der Waals surface area (Å²) in [4.78, 5) is 21.0. The quantitative estimate of drug-likeness (QED) is 0.434. The number of carbonyl (C=O) groups is 1. The molecule has 0 atom stereocenters. The van der Waals surface area contributed by atoms with Gasteiger partial charge in [-0.1, -0.05) is 17.7 Å². The van der Waals surface area contributed by atoms with Crippen molar-refractivity contribution in [3.8, 4) is 11.5 Å². The number of nitrogens with one attached hydrogen (secondary N) is 1. The Hall–Kier alpha value is -4.01. The highest BCUT2D eigenvalue weighted by molar-refractivity contribution is 5.81. The zero-order chi connectivity index (χ0) is 21.5. The molecule has 0 unspecified atom stereocenters. The number of nitrogens with zero attached hydrogens (tertiary/aromatic N) is 3. The summed E-state index contributed by atoms with van der Waals surface area (Å²) in [5.41, 5.74) is 11.7. The lowest BCUT2D eigenvalue weighted by molar-refractivity contribution is -0.143. The van der Waals surface area contributed by atoms with Gasteiger partial charge in [0, 0.05) is 0 Å². The Bertz CT molecular complexity index is 1040. The van der Waals surface area contributed by atoms with Gasteiger partial charge >= 0.3 is 5.97 Å². The highest BCUT2D eigenvalue weighted by Crippen LogP contribution is 2.27. The van der Waals surface area contributed by atoms with Crippen LogP contribution in [0.2, 0.25) is 0 Å².